The topological polar surface area (TPSA) is 12.0 Å². The van der Waals surface area contributed by atoms with Crippen LogP contribution in [0.15, 0.2) is 12.1 Å². The Morgan fingerprint density at radius 3 is 2.29 bits per heavy atom. The average Bonchev–Trinajstić information content (AvgIpc) is 2.19. The van der Waals surface area contributed by atoms with Crippen LogP contribution in [-0.4, -0.2) is 12.7 Å². The highest BCUT2D eigenvalue weighted by atomic mass is 35.5. The van der Waals surface area contributed by atoms with E-state index in [4.69, 9.17) is 11.6 Å². The van der Waals surface area contributed by atoms with Crippen molar-refractivity contribution in [3.8, 4) is 0 Å². The summed E-state index contributed by atoms with van der Waals surface area (Å²) in [5.41, 5.74) is 1.43. The summed E-state index contributed by atoms with van der Waals surface area (Å²) in [6.07, 6.45) is -4.30. The molecule has 1 unspecified atom stereocenters. The Hall–Kier alpha value is -0.740. The maximum absolute atomic E-state index is 12.9. The van der Waals surface area contributed by atoms with E-state index in [-0.39, 0.29) is 12.1 Å². The Morgan fingerprint density at radius 1 is 1.24 bits per heavy atom. The fourth-order valence-corrected chi connectivity index (χ4v) is 1.94. The molecule has 0 radical (unpaired) electrons. The zero-order valence-corrected chi connectivity index (χ0v) is 10.7. The molecule has 0 saturated carbocycles. The van der Waals surface area contributed by atoms with Gasteiger partial charge in [-0.25, -0.2) is 0 Å². The first-order valence-electron chi connectivity index (χ1n) is 5.34. The van der Waals surface area contributed by atoms with Crippen LogP contribution in [-0.2, 0) is 0 Å². The first-order valence-corrected chi connectivity index (χ1v) is 5.72. The van der Waals surface area contributed by atoms with E-state index in [0.717, 1.165) is 0 Å². The third-order valence-corrected chi connectivity index (χ3v) is 3.00. The summed E-state index contributed by atoms with van der Waals surface area (Å²) < 4.78 is 38.7. The number of aryl methyl sites for hydroxylation is 2. The van der Waals surface area contributed by atoms with Gasteiger partial charge in [-0.15, -0.1) is 0 Å². The van der Waals surface area contributed by atoms with E-state index in [0.29, 0.717) is 16.1 Å². The Kier molecular flexibility index (Phi) is 4.44. The van der Waals surface area contributed by atoms with Crippen LogP contribution < -0.4 is 5.32 Å². The maximum atomic E-state index is 12.9. The lowest BCUT2D eigenvalue weighted by Crippen LogP contribution is -2.34. The molecule has 0 amide bonds. The van der Waals surface area contributed by atoms with Gasteiger partial charge in [0.1, 0.15) is 6.04 Å². The molecule has 96 valence electrons. The number of halogens is 4. The van der Waals surface area contributed by atoms with E-state index < -0.39 is 12.2 Å². The third kappa shape index (κ3) is 3.36. The fourth-order valence-electron chi connectivity index (χ4n) is 1.72. The number of hydrogen-bond acceptors (Lipinski definition) is 1. The van der Waals surface area contributed by atoms with Crippen LogP contribution in [0.4, 0.5) is 13.2 Å². The minimum Gasteiger partial charge on any atom is -0.303 e. The molecule has 1 rings (SSSR count). The molecule has 0 aliphatic heterocycles. The van der Waals surface area contributed by atoms with Gasteiger partial charge in [-0.1, -0.05) is 24.6 Å². The van der Waals surface area contributed by atoms with Crippen LogP contribution in [0, 0.1) is 13.8 Å². The van der Waals surface area contributed by atoms with Crippen LogP contribution in [0.1, 0.15) is 29.7 Å². The summed E-state index contributed by atoms with van der Waals surface area (Å²) in [6, 6.07) is 1.43. The molecule has 1 N–H and O–H groups in total. The Balaban J connectivity index is 3.23. The quantitative estimate of drug-likeness (QED) is 0.865. The summed E-state index contributed by atoms with van der Waals surface area (Å²) in [6.45, 7) is 5.24. The predicted molar refractivity (Wildman–Crippen MR) is 63.4 cm³/mol. The maximum Gasteiger partial charge on any atom is 0.407 e. The smallest absolute Gasteiger partial charge is 0.303 e. The lowest BCUT2D eigenvalue weighted by molar-refractivity contribution is -0.157. The molecule has 5 heteroatoms. The molecule has 0 aliphatic carbocycles. The van der Waals surface area contributed by atoms with Gasteiger partial charge >= 0.3 is 6.18 Å². The van der Waals surface area contributed by atoms with Gasteiger partial charge in [0.25, 0.3) is 0 Å². The van der Waals surface area contributed by atoms with Crippen molar-refractivity contribution < 1.29 is 13.2 Å². The van der Waals surface area contributed by atoms with Crippen LogP contribution in [0.2, 0.25) is 5.02 Å². The molecule has 1 aromatic rings. The number of rotatable bonds is 3. The number of nitrogens with one attached hydrogen (secondary N) is 1. The van der Waals surface area contributed by atoms with Gasteiger partial charge in [0, 0.05) is 5.02 Å². The summed E-state index contributed by atoms with van der Waals surface area (Å²) in [4.78, 5) is 0. The zero-order valence-electron chi connectivity index (χ0n) is 9.95. The standard InChI is InChI=1S/C12H15ClF3N/c1-4-17-11(12(14,15)16)9-5-8(3)10(13)6-7(9)2/h5-6,11,17H,4H2,1-3H3. The van der Waals surface area contributed by atoms with Gasteiger partial charge < -0.3 is 5.32 Å². The zero-order chi connectivity index (χ0) is 13.2. The molecular formula is C12H15ClF3N. The first kappa shape index (κ1) is 14.3. The van der Waals surface area contributed by atoms with Gasteiger partial charge in [0.2, 0.25) is 0 Å². The van der Waals surface area contributed by atoms with Gasteiger partial charge in [0.05, 0.1) is 0 Å². The number of hydrogen-bond donors (Lipinski definition) is 1. The second-order valence-electron chi connectivity index (χ2n) is 3.99. The van der Waals surface area contributed by atoms with Crippen molar-refractivity contribution in [2.24, 2.45) is 0 Å². The molecule has 0 bridgehead atoms. The second kappa shape index (κ2) is 5.27. The number of alkyl halides is 3. The number of benzene rings is 1. The molecule has 0 saturated heterocycles. The van der Waals surface area contributed by atoms with E-state index >= 15 is 0 Å². The molecule has 0 aliphatic rings. The van der Waals surface area contributed by atoms with E-state index in [2.05, 4.69) is 5.32 Å². The van der Waals surface area contributed by atoms with Crippen LogP contribution in [0.25, 0.3) is 0 Å². The summed E-state index contributed by atoms with van der Waals surface area (Å²) in [5.74, 6) is 0. The van der Waals surface area contributed by atoms with E-state index in [1.807, 2.05) is 0 Å². The molecule has 1 atom stereocenters. The lowest BCUT2D eigenvalue weighted by atomic mass is 9.98. The largest absolute Gasteiger partial charge is 0.407 e. The van der Waals surface area contributed by atoms with E-state index in [1.54, 1.807) is 26.8 Å². The lowest BCUT2D eigenvalue weighted by Gasteiger charge is -2.23. The second-order valence-corrected chi connectivity index (χ2v) is 4.40. The predicted octanol–water partition coefficient (Wildman–Crippen LogP) is 4.17. The van der Waals surface area contributed by atoms with Crippen molar-refractivity contribution in [3.05, 3.63) is 33.8 Å². The Morgan fingerprint density at radius 2 is 1.82 bits per heavy atom. The van der Waals surface area contributed by atoms with E-state index in [9.17, 15) is 13.2 Å². The van der Waals surface area contributed by atoms with Crippen molar-refractivity contribution in [1.82, 2.24) is 5.32 Å². The van der Waals surface area contributed by atoms with Crippen LogP contribution >= 0.6 is 11.6 Å². The molecule has 1 aromatic carbocycles. The van der Waals surface area contributed by atoms with E-state index in [1.165, 1.54) is 6.07 Å². The minimum atomic E-state index is -4.30. The molecular weight excluding hydrogens is 251 g/mol. The van der Waals surface area contributed by atoms with Gasteiger partial charge in [0.15, 0.2) is 0 Å². The van der Waals surface area contributed by atoms with Crippen molar-refractivity contribution >= 4 is 11.6 Å². The summed E-state index contributed by atoms with van der Waals surface area (Å²) in [7, 11) is 0. The highest BCUT2D eigenvalue weighted by Crippen LogP contribution is 2.35. The molecule has 17 heavy (non-hydrogen) atoms. The average molecular weight is 266 g/mol. The van der Waals surface area contributed by atoms with Gasteiger partial charge in [-0.2, -0.15) is 13.2 Å². The fraction of sp³-hybridized carbons (Fsp3) is 0.500. The molecule has 1 nitrogen and oxygen atoms in total. The highest BCUT2D eigenvalue weighted by molar-refractivity contribution is 6.31. The summed E-state index contributed by atoms with van der Waals surface area (Å²) >= 11 is 5.88. The van der Waals surface area contributed by atoms with Gasteiger partial charge in [-0.05, 0) is 43.1 Å². The molecule has 0 spiro atoms. The first-order chi connectivity index (χ1) is 7.77. The van der Waals surface area contributed by atoms with Crippen molar-refractivity contribution in [2.75, 3.05) is 6.54 Å². The molecule has 0 heterocycles. The van der Waals surface area contributed by atoms with Crippen molar-refractivity contribution in [2.45, 2.75) is 33.0 Å². The highest BCUT2D eigenvalue weighted by Gasteiger charge is 2.40. The Bertz CT molecular complexity index is 401. The minimum absolute atomic E-state index is 0.237. The normalized spacial score (nSPS) is 13.8. The van der Waals surface area contributed by atoms with Crippen molar-refractivity contribution in [3.63, 3.8) is 0 Å². The van der Waals surface area contributed by atoms with Crippen LogP contribution in [0.3, 0.4) is 0 Å². The Labute approximate surface area is 104 Å². The molecule has 0 fully saturated rings. The third-order valence-electron chi connectivity index (χ3n) is 2.59. The molecule has 0 aromatic heterocycles. The van der Waals surface area contributed by atoms with Gasteiger partial charge in [-0.3, -0.25) is 0 Å². The SMILES string of the molecule is CCNC(c1cc(C)c(Cl)cc1C)C(F)(F)F. The monoisotopic (exact) mass is 265 g/mol. The van der Waals surface area contributed by atoms with Crippen LogP contribution in [0.5, 0.6) is 0 Å². The van der Waals surface area contributed by atoms with Crippen molar-refractivity contribution in [1.29, 1.82) is 0 Å². The summed E-state index contributed by atoms with van der Waals surface area (Å²) in [5, 5.41) is 2.95.